The third-order valence-electron chi connectivity index (χ3n) is 3.44. The van der Waals surface area contributed by atoms with Crippen LogP contribution in [0.1, 0.15) is 18.0 Å². The molecule has 1 aliphatic rings. The minimum absolute atomic E-state index is 0. The van der Waals surface area contributed by atoms with Gasteiger partial charge in [0.1, 0.15) is 10.8 Å². The number of halogens is 4. The molecule has 0 radical (unpaired) electrons. The van der Waals surface area contributed by atoms with E-state index in [9.17, 15) is 5.11 Å². The van der Waals surface area contributed by atoms with Gasteiger partial charge in [0, 0.05) is 37.8 Å². The summed E-state index contributed by atoms with van der Waals surface area (Å²) in [5, 5.41) is 14.1. The fourth-order valence-corrected chi connectivity index (χ4v) is 2.77. The first-order valence-corrected chi connectivity index (χ1v) is 7.13. The van der Waals surface area contributed by atoms with Gasteiger partial charge in [-0.05, 0) is 12.5 Å². The number of piperazine rings is 1. The number of benzene rings is 1. The zero-order valence-electron chi connectivity index (χ0n) is 11.5. The molecule has 120 valence electrons. The summed E-state index contributed by atoms with van der Waals surface area (Å²) in [6, 6.07) is 3.67. The summed E-state index contributed by atoms with van der Waals surface area (Å²) in [5.41, 5.74) is 0.816. The normalized spacial score (nSPS) is 16.5. The Hall–Kier alpha value is -0.160. The summed E-state index contributed by atoms with van der Waals surface area (Å²) < 4.78 is 0. The summed E-state index contributed by atoms with van der Waals surface area (Å²) in [6.45, 7) is 7.60. The fourth-order valence-electron chi connectivity index (χ4n) is 2.45. The van der Waals surface area contributed by atoms with E-state index in [0.717, 1.165) is 38.2 Å². The summed E-state index contributed by atoms with van der Waals surface area (Å²) in [7, 11) is 0. The maximum atomic E-state index is 10.2. The lowest BCUT2D eigenvalue weighted by Crippen LogP contribution is -2.45. The monoisotopic (exact) mass is 372 g/mol. The first-order chi connectivity index (χ1) is 9.15. The lowest BCUT2D eigenvalue weighted by molar-refractivity contribution is 0.172. The van der Waals surface area contributed by atoms with Gasteiger partial charge in [0.25, 0.3) is 0 Å². The number of nitrogens with one attached hydrogen (secondary N) is 1. The minimum atomic E-state index is 0. The van der Waals surface area contributed by atoms with E-state index < -0.39 is 0 Å². The van der Waals surface area contributed by atoms with Gasteiger partial charge in [0.2, 0.25) is 0 Å². The largest absolute Gasteiger partial charge is 0.506 e. The number of phenolic OH excluding ortho intramolecular Hbond substituents is 1. The van der Waals surface area contributed by atoms with E-state index in [0.29, 0.717) is 5.02 Å². The molecule has 7 heteroatoms. The Morgan fingerprint density at radius 2 is 1.90 bits per heavy atom. The molecule has 1 aliphatic heterocycles. The van der Waals surface area contributed by atoms with Gasteiger partial charge >= 0.3 is 0 Å². The number of phenols is 1. The van der Waals surface area contributed by atoms with Gasteiger partial charge in [0.05, 0.1) is 5.02 Å². The standard InChI is InChI=1S/C14H18Cl2N2O.2ClH/c1-2-3-12(18-8-6-17-7-9-18)10-4-5-11(15)13(16)14(10)19;;/h2,4-5,12,17,19H,1,3,6-9H2;2*1H/t12-;;/m0../s1. The van der Waals surface area contributed by atoms with Gasteiger partial charge in [-0.3, -0.25) is 4.90 Å². The summed E-state index contributed by atoms with van der Waals surface area (Å²) in [5.74, 6) is 0.0829. The van der Waals surface area contributed by atoms with Gasteiger partial charge < -0.3 is 10.4 Å². The molecule has 21 heavy (non-hydrogen) atoms. The van der Waals surface area contributed by atoms with Crippen LogP contribution < -0.4 is 5.32 Å². The Bertz CT molecular complexity index is 465. The number of hydrogen-bond acceptors (Lipinski definition) is 3. The summed E-state index contributed by atoms with van der Waals surface area (Å²) >= 11 is 11.9. The molecule has 1 aromatic carbocycles. The molecular weight excluding hydrogens is 354 g/mol. The minimum Gasteiger partial charge on any atom is -0.506 e. The highest BCUT2D eigenvalue weighted by Gasteiger charge is 2.24. The topological polar surface area (TPSA) is 35.5 Å². The molecule has 1 saturated heterocycles. The number of rotatable bonds is 4. The highest BCUT2D eigenvalue weighted by Crippen LogP contribution is 2.39. The molecule has 0 saturated carbocycles. The van der Waals surface area contributed by atoms with E-state index >= 15 is 0 Å². The van der Waals surface area contributed by atoms with Crippen LogP contribution in [0.4, 0.5) is 0 Å². The Balaban J connectivity index is 0.00000200. The molecule has 3 nitrogen and oxygen atoms in total. The molecule has 0 amide bonds. The third-order valence-corrected chi connectivity index (χ3v) is 4.24. The highest BCUT2D eigenvalue weighted by molar-refractivity contribution is 6.43. The molecule has 1 aromatic rings. The highest BCUT2D eigenvalue weighted by atomic mass is 35.5. The zero-order chi connectivity index (χ0) is 13.8. The van der Waals surface area contributed by atoms with E-state index in [1.807, 2.05) is 12.1 Å². The summed E-state index contributed by atoms with van der Waals surface area (Å²) in [6.07, 6.45) is 2.64. The second-order valence-corrected chi connectivity index (χ2v) is 5.41. The van der Waals surface area contributed by atoms with Crippen molar-refractivity contribution in [3.05, 3.63) is 40.4 Å². The predicted molar refractivity (Wildman–Crippen MR) is 94.6 cm³/mol. The van der Waals surface area contributed by atoms with Crippen molar-refractivity contribution in [3.8, 4) is 5.75 Å². The molecule has 0 spiro atoms. The maximum Gasteiger partial charge on any atom is 0.140 e. The van der Waals surface area contributed by atoms with Crippen molar-refractivity contribution in [3.63, 3.8) is 0 Å². The molecule has 1 heterocycles. The van der Waals surface area contributed by atoms with Gasteiger partial charge in [-0.25, -0.2) is 0 Å². The van der Waals surface area contributed by atoms with Crippen LogP contribution in [0.2, 0.25) is 10.0 Å². The lowest BCUT2D eigenvalue weighted by Gasteiger charge is -2.35. The van der Waals surface area contributed by atoms with E-state index in [1.54, 1.807) is 6.07 Å². The number of hydrogen-bond donors (Lipinski definition) is 2. The summed E-state index contributed by atoms with van der Waals surface area (Å²) in [4.78, 5) is 2.33. The molecule has 0 aromatic heterocycles. The van der Waals surface area contributed by atoms with E-state index in [4.69, 9.17) is 23.2 Å². The molecule has 0 bridgehead atoms. The molecule has 2 N–H and O–H groups in total. The Labute approximate surface area is 148 Å². The maximum absolute atomic E-state index is 10.2. The van der Waals surface area contributed by atoms with E-state index in [1.165, 1.54) is 0 Å². The Morgan fingerprint density at radius 3 is 2.48 bits per heavy atom. The molecule has 1 fully saturated rings. The number of aromatic hydroxyl groups is 1. The first kappa shape index (κ1) is 20.8. The van der Waals surface area contributed by atoms with Crippen LogP contribution in [0, 0.1) is 0 Å². The lowest BCUT2D eigenvalue weighted by atomic mass is 10.00. The van der Waals surface area contributed by atoms with Crippen LogP contribution in [0.15, 0.2) is 24.8 Å². The SMILES string of the molecule is C=CC[C@@H](c1ccc(Cl)c(Cl)c1O)N1CCNCC1.Cl.Cl. The first-order valence-electron chi connectivity index (χ1n) is 6.37. The van der Waals surface area contributed by atoms with Crippen LogP contribution in [0.5, 0.6) is 5.75 Å². The van der Waals surface area contributed by atoms with Crippen molar-refractivity contribution in [1.82, 2.24) is 10.2 Å². The van der Waals surface area contributed by atoms with Crippen LogP contribution >= 0.6 is 48.0 Å². The van der Waals surface area contributed by atoms with Gasteiger partial charge in [0.15, 0.2) is 0 Å². The van der Waals surface area contributed by atoms with Crippen LogP contribution in [-0.2, 0) is 0 Å². The predicted octanol–water partition coefficient (Wildman–Crippen LogP) is 4.07. The average molecular weight is 374 g/mol. The van der Waals surface area contributed by atoms with Crippen LogP contribution in [-0.4, -0.2) is 36.2 Å². The van der Waals surface area contributed by atoms with Crippen molar-refractivity contribution in [1.29, 1.82) is 0 Å². The third kappa shape index (κ3) is 4.92. The van der Waals surface area contributed by atoms with Crippen molar-refractivity contribution in [2.24, 2.45) is 0 Å². The molecule has 2 rings (SSSR count). The van der Waals surface area contributed by atoms with E-state index in [2.05, 4.69) is 16.8 Å². The van der Waals surface area contributed by atoms with Crippen molar-refractivity contribution in [2.75, 3.05) is 26.2 Å². The second kappa shape index (κ2) is 9.78. The Kier molecular flexibility index (Phi) is 9.70. The molecule has 0 aliphatic carbocycles. The Morgan fingerprint density at radius 1 is 1.29 bits per heavy atom. The fraction of sp³-hybridized carbons (Fsp3) is 0.429. The molecule has 1 atom stereocenters. The van der Waals surface area contributed by atoms with Gasteiger partial charge in [-0.2, -0.15) is 0 Å². The second-order valence-electron chi connectivity index (χ2n) is 4.63. The van der Waals surface area contributed by atoms with E-state index in [-0.39, 0.29) is 41.6 Å². The quantitative estimate of drug-likeness (QED) is 0.781. The van der Waals surface area contributed by atoms with Crippen LogP contribution in [0.3, 0.4) is 0 Å². The van der Waals surface area contributed by atoms with Crippen LogP contribution in [0.25, 0.3) is 0 Å². The molecular formula is C14H20Cl4N2O. The smallest absolute Gasteiger partial charge is 0.140 e. The van der Waals surface area contributed by atoms with Crippen molar-refractivity contribution < 1.29 is 5.11 Å². The zero-order valence-corrected chi connectivity index (χ0v) is 14.7. The van der Waals surface area contributed by atoms with Gasteiger partial charge in [-0.15, -0.1) is 31.4 Å². The van der Waals surface area contributed by atoms with Crippen molar-refractivity contribution in [2.45, 2.75) is 12.5 Å². The molecule has 0 unspecified atom stereocenters. The van der Waals surface area contributed by atoms with Gasteiger partial charge in [-0.1, -0.05) is 35.3 Å². The van der Waals surface area contributed by atoms with Crippen molar-refractivity contribution >= 4 is 48.0 Å². The number of nitrogens with zero attached hydrogens (tertiary/aromatic N) is 1. The average Bonchev–Trinajstić information content (AvgIpc) is 2.44.